The molecule has 0 radical (unpaired) electrons. The van der Waals surface area contributed by atoms with E-state index in [2.05, 4.69) is 16.0 Å². The van der Waals surface area contributed by atoms with Crippen LogP contribution >= 0.6 is 0 Å². The predicted octanol–water partition coefficient (Wildman–Crippen LogP) is 2.53. The number of amides is 2. The molecule has 1 atom stereocenters. The van der Waals surface area contributed by atoms with Crippen molar-refractivity contribution < 1.29 is 14.3 Å². The zero-order valence-electron chi connectivity index (χ0n) is 16.7. The lowest BCUT2D eigenvalue weighted by molar-refractivity contribution is -0.124. The fraction of sp³-hybridized carbons (Fsp3) is 0.364. The van der Waals surface area contributed by atoms with Crippen molar-refractivity contribution in [1.82, 2.24) is 10.6 Å². The maximum absolute atomic E-state index is 12.0. The Morgan fingerprint density at radius 3 is 2.36 bits per heavy atom. The van der Waals surface area contributed by atoms with Crippen LogP contribution in [0, 0.1) is 12.8 Å². The molecule has 0 saturated heterocycles. The van der Waals surface area contributed by atoms with Gasteiger partial charge in [-0.2, -0.15) is 0 Å². The largest absolute Gasteiger partial charge is 0.484 e. The number of hydrogen-bond acceptors (Lipinski definition) is 4. The molecule has 150 valence electrons. The fourth-order valence-corrected chi connectivity index (χ4v) is 2.64. The Morgan fingerprint density at radius 1 is 1.04 bits per heavy atom. The van der Waals surface area contributed by atoms with Crippen LogP contribution in [0.1, 0.15) is 18.1 Å². The van der Waals surface area contributed by atoms with Crippen LogP contribution in [-0.4, -0.2) is 38.6 Å². The highest BCUT2D eigenvalue weighted by molar-refractivity contribution is 5.91. The summed E-state index contributed by atoms with van der Waals surface area (Å²) < 4.78 is 5.53. The zero-order valence-corrected chi connectivity index (χ0v) is 16.7. The van der Waals surface area contributed by atoms with E-state index in [1.54, 1.807) is 0 Å². The van der Waals surface area contributed by atoms with Crippen molar-refractivity contribution in [3.63, 3.8) is 0 Å². The highest BCUT2D eigenvalue weighted by Gasteiger charge is 2.10. The minimum absolute atomic E-state index is 0.0490. The molecular weight excluding hydrogens is 354 g/mol. The van der Waals surface area contributed by atoms with Gasteiger partial charge in [-0.1, -0.05) is 36.8 Å². The number of anilines is 1. The first-order valence-corrected chi connectivity index (χ1v) is 9.48. The molecule has 0 bridgehead atoms. The summed E-state index contributed by atoms with van der Waals surface area (Å²) in [5.41, 5.74) is 2.99. The third-order valence-corrected chi connectivity index (χ3v) is 4.30. The number of carbonyl (C=O) groups excluding carboxylic acids is 2. The van der Waals surface area contributed by atoms with Gasteiger partial charge in [-0.15, -0.1) is 0 Å². The first-order valence-electron chi connectivity index (χ1n) is 9.48. The lowest BCUT2D eigenvalue weighted by atomic mass is 10.1. The van der Waals surface area contributed by atoms with E-state index in [1.165, 1.54) is 0 Å². The second kappa shape index (κ2) is 11.1. The first-order chi connectivity index (χ1) is 13.5. The van der Waals surface area contributed by atoms with Crippen LogP contribution in [0.25, 0.3) is 0 Å². The topological polar surface area (TPSA) is 79.5 Å². The lowest BCUT2D eigenvalue weighted by Crippen LogP contribution is -2.35. The Bertz CT molecular complexity index is 758. The molecule has 0 aromatic heterocycles. The van der Waals surface area contributed by atoms with Gasteiger partial charge in [-0.25, -0.2) is 0 Å². The third kappa shape index (κ3) is 7.40. The summed E-state index contributed by atoms with van der Waals surface area (Å²) in [6.07, 6.45) is 0.742. The van der Waals surface area contributed by atoms with Crippen molar-refractivity contribution in [2.45, 2.75) is 20.3 Å². The predicted molar refractivity (Wildman–Crippen MR) is 112 cm³/mol. The van der Waals surface area contributed by atoms with E-state index in [9.17, 15) is 9.59 Å². The molecule has 2 amide bonds. The van der Waals surface area contributed by atoms with Gasteiger partial charge in [0, 0.05) is 24.7 Å². The van der Waals surface area contributed by atoms with Gasteiger partial charge < -0.3 is 20.7 Å². The summed E-state index contributed by atoms with van der Waals surface area (Å²) in [4.78, 5) is 23.8. The maximum atomic E-state index is 12.0. The molecule has 2 aromatic carbocycles. The molecule has 0 fully saturated rings. The summed E-state index contributed by atoms with van der Waals surface area (Å²) in [6.45, 7) is 5.09. The number of hydrogen-bond donors (Lipinski definition) is 3. The van der Waals surface area contributed by atoms with Gasteiger partial charge >= 0.3 is 0 Å². The van der Waals surface area contributed by atoms with Crippen LogP contribution < -0.4 is 20.7 Å². The van der Waals surface area contributed by atoms with Crippen molar-refractivity contribution >= 4 is 17.5 Å². The average Bonchev–Trinajstić information content (AvgIpc) is 2.69. The molecule has 6 nitrogen and oxygen atoms in total. The van der Waals surface area contributed by atoms with Gasteiger partial charge in [-0.3, -0.25) is 9.59 Å². The maximum Gasteiger partial charge on any atom is 0.262 e. The summed E-state index contributed by atoms with van der Waals surface area (Å²) in [6, 6.07) is 15.2. The number of carbonyl (C=O) groups is 2. The molecular formula is C22H29N3O3. The van der Waals surface area contributed by atoms with Crippen LogP contribution in [0.3, 0.4) is 0 Å². The summed E-state index contributed by atoms with van der Waals surface area (Å²) >= 11 is 0. The number of nitrogens with one attached hydrogen (secondary N) is 3. The Labute approximate surface area is 166 Å². The fourth-order valence-electron chi connectivity index (χ4n) is 2.64. The SMILES string of the molecule is CNCC(C)C(=O)NCCc1ccc(OCC(=O)Nc2ccc(C)cc2)cc1. The summed E-state index contributed by atoms with van der Waals surface area (Å²) in [5.74, 6) is 0.432. The molecule has 0 aliphatic carbocycles. The normalized spacial score (nSPS) is 11.5. The summed E-state index contributed by atoms with van der Waals surface area (Å²) in [7, 11) is 1.83. The van der Waals surface area contributed by atoms with E-state index in [4.69, 9.17) is 4.74 Å². The van der Waals surface area contributed by atoms with Crippen LogP contribution in [0.4, 0.5) is 5.69 Å². The Hall–Kier alpha value is -2.86. The van der Waals surface area contributed by atoms with Crippen LogP contribution in [0.15, 0.2) is 48.5 Å². The molecule has 28 heavy (non-hydrogen) atoms. The van der Waals surface area contributed by atoms with Gasteiger partial charge in [0.2, 0.25) is 5.91 Å². The van der Waals surface area contributed by atoms with Gasteiger partial charge in [0.25, 0.3) is 5.91 Å². The first kappa shape index (κ1) is 21.4. The molecule has 0 aliphatic heterocycles. The standard InChI is InChI=1S/C22H29N3O3/c1-16-4-8-19(9-5-16)25-21(26)15-28-20-10-6-18(7-11-20)12-13-24-22(27)17(2)14-23-3/h4-11,17,23H,12-15H2,1-3H3,(H,24,27)(H,25,26). The van der Waals surface area contributed by atoms with Gasteiger partial charge in [0.05, 0.1) is 0 Å². The molecule has 2 aromatic rings. The van der Waals surface area contributed by atoms with Crippen molar-refractivity contribution in [2.24, 2.45) is 5.92 Å². The van der Waals surface area contributed by atoms with Crippen molar-refractivity contribution in [3.8, 4) is 5.75 Å². The van der Waals surface area contributed by atoms with Crippen molar-refractivity contribution in [3.05, 3.63) is 59.7 Å². The molecule has 0 heterocycles. The number of aryl methyl sites for hydroxylation is 1. The number of rotatable bonds is 10. The van der Waals surface area contributed by atoms with Gasteiger partial charge in [0.1, 0.15) is 5.75 Å². The minimum atomic E-state index is -0.202. The Balaban J connectivity index is 1.71. The smallest absolute Gasteiger partial charge is 0.262 e. The van der Waals surface area contributed by atoms with Gasteiger partial charge in [-0.05, 0) is 50.2 Å². The Morgan fingerprint density at radius 2 is 1.71 bits per heavy atom. The van der Waals surface area contributed by atoms with Crippen LogP contribution in [0.5, 0.6) is 5.75 Å². The van der Waals surface area contributed by atoms with Crippen LogP contribution in [-0.2, 0) is 16.0 Å². The monoisotopic (exact) mass is 383 g/mol. The molecule has 0 spiro atoms. The highest BCUT2D eigenvalue weighted by atomic mass is 16.5. The third-order valence-electron chi connectivity index (χ3n) is 4.30. The van der Waals surface area contributed by atoms with E-state index >= 15 is 0 Å². The minimum Gasteiger partial charge on any atom is -0.484 e. The second-order valence-electron chi connectivity index (χ2n) is 6.85. The van der Waals surface area contributed by atoms with Crippen molar-refractivity contribution in [1.29, 1.82) is 0 Å². The van der Waals surface area contributed by atoms with E-state index in [-0.39, 0.29) is 24.3 Å². The van der Waals surface area contributed by atoms with E-state index in [0.29, 0.717) is 18.8 Å². The van der Waals surface area contributed by atoms with Gasteiger partial charge in [0.15, 0.2) is 6.61 Å². The molecule has 6 heteroatoms. The summed E-state index contributed by atoms with van der Waals surface area (Å²) in [5, 5.41) is 8.73. The number of benzene rings is 2. The van der Waals surface area contributed by atoms with Crippen molar-refractivity contribution in [2.75, 3.05) is 32.1 Å². The van der Waals surface area contributed by atoms with Crippen LogP contribution in [0.2, 0.25) is 0 Å². The Kier molecular flexibility index (Phi) is 8.49. The average molecular weight is 383 g/mol. The molecule has 0 saturated carbocycles. The lowest BCUT2D eigenvalue weighted by Gasteiger charge is -2.12. The second-order valence-corrected chi connectivity index (χ2v) is 6.85. The highest BCUT2D eigenvalue weighted by Crippen LogP contribution is 2.13. The quantitative estimate of drug-likeness (QED) is 0.589. The zero-order chi connectivity index (χ0) is 20.4. The number of ether oxygens (including phenoxy) is 1. The molecule has 0 aliphatic rings. The molecule has 1 unspecified atom stereocenters. The molecule has 2 rings (SSSR count). The molecule has 3 N–H and O–H groups in total. The van der Waals surface area contributed by atoms with E-state index in [0.717, 1.165) is 23.2 Å². The van der Waals surface area contributed by atoms with E-state index < -0.39 is 0 Å². The van der Waals surface area contributed by atoms with E-state index in [1.807, 2.05) is 69.4 Å².